The SMILES string of the molecule is Cc1ccc(N2CC(C(=O)O)N(C)CC2=O)cc1C. The number of benzene rings is 1. The maximum absolute atomic E-state index is 12.1. The van der Waals surface area contributed by atoms with Crippen LogP contribution in [0, 0.1) is 13.8 Å². The van der Waals surface area contributed by atoms with E-state index >= 15 is 0 Å². The Bertz CT molecular complexity index is 527. The van der Waals surface area contributed by atoms with Gasteiger partial charge in [0.1, 0.15) is 6.04 Å². The Labute approximate surface area is 112 Å². The fourth-order valence-electron chi connectivity index (χ4n) is 2.23. The molecular formula is C14H18N2O3. The molecular weight excluding hydrogens is 244 g/mol. The van der Waals surface area contributed by atoms with Crippen LogP contribution in [-0.4, -0.2) is 48.1 Å². The smallest absolute Gasteiger partial charge is 0.322 e. The van der Waals surface area contributed by atoms with Gasteiger partial charge in [-0.15, -0.1) is 0 Å². The zero-order valence-corrected chi connectivity index (χ0v) is 11.4. The van der Waals surface area contributed by atoms with Crippen LogP contribution in [0.3, 0.4) is 0 Å². The third-order valence-corrected chi connectivity index (χ3v) is 3.66. The lowest BCUT2D eigenvalue weighted by molar-refractivity contribution is -0.144. The van der Waals surface area contributed by atoms with Crippen LogP contribution >= 0.6 is 0 Å². The van der Waals surface area contributed by atoms with E-state index in [9.17, 15) is 14.7 Å². The Kier molecular flexibility index (Phi) is 3.57. The number of amides is 1. The third kappa shape index (κ3) is 2.61. The van der Waals surface area contributed by atoms with Crippen molar-refractivity contribution in [2.45, 2.75) is 19.9 Å². The number of aryl methyl sites for hydroxylation is 2. The van der Waals surface area contributed by atoms with Gasteiger partial charge >= 0.3 is 5.97 Å². The normalized spacial score (nSPS) is 20.7. The van der Waals surface area contributed by atoms with Gasteiger partial charge < -0.3 is 10.0 Å². The van der Waals surface area contributed by atoms with Crippen molar-refractivity contribution in [3.8, 4) is 0 Å². The molecule has 1 aliphatic rings. The van der Waals surface area contributed by atoms with E-state index in [2.05, 4.69) is 0 Å². The molecule has 5 heteroatoms. The van der Waals surface area contributed by atoms with Crippen LogP contribution in [0.2, 0.25) is 0 Å². The Morgan fingerprint density at radius 3 is 2.58 bits per heavy atom. The first-order valence-electron chi connectivity index (χ1n) is 6.21. The van der Waals surface area contributed by atoms with Gasteiger partial charge in [-0.1, -0.05) is 6.07 Å². The molecule has 1 saturated heterocycles. The number of carbonyl (C=O) groups excluding carboxylic acids is 1. The van der Waals surface area contributed by atoms with Gasteiger partial charge in [0.25, 0.3) is 0 Å². The Hall–Kier alpha value is -1.88. The van der Waals surface area contributed by atoms with Crippen molar-refractivity contribution in [3.05, 3.63) is 29.3 Å². The molecule has 0 bridgehead atoms. The molecule has 0 aromatic heterocycles. The molecule has 5 nitrogen and oxygen atoms in total. The average Bonchev–Trinajstić information content (AvgIpc) is 2.32. The van der Waals surface area contributed by atoms with Crippen LogP contribution < -0.4 is 4.90 Å². The zero-order valence-electron chi connectivity index (χ0n) is 11.4. The molecule has 1 amide bonds. The lowest BCUT2D eigenvalue weighted by Crippen LogP contribution is -2.57. The van der Waals surface area contributed by atoms with E-state index in [0.29, 0.717) is 0 Å². The van der Waals surface area contributed by atoms with E-state index in [1.54, 1.807) is 16.8 Å². The minimum atomic E-state index is -0.899. The summed E-state index contributed by atoms with van der Waals surface area (Å²) in [5.74, 6) is -0.966. The van der Waals surface area contributed by atoms with Crippen molar-refractivity contribution in [3.63, 3.8) is 0 Å². The van der Waals surface area contributed by atoms with Crippen molar-refractivity contribution >= 4 is 17.6 Å². The fourth-order valence-corrected chi connectivity index (χ4v) is 2.23. The Balaban J connectivity index is 2.30. The monoisotopic (exact) mass is 262 g/mol. The Morgan fingerprint density at radius 1 is 1.32 bits per heavy atom. The maximum Gasteiger partial charge on any atom is 0.322 e. The fraction of sp³-hybridized carbons (Fsp3) is 0.429. The van der Waals surface area contributed by atoms with E-state index in [1.165, 1.54) is 0 Å². The standard InChI is InChI=1S/C14H18N2O3/c1-9-4-5-11(6-10(9)2)16-7-12(14(18)19)15(3)8-13(16)17/h4-6,12H,7-8H2,1-3H3,(H,18,19). The molecule has 0 saturated carbocycles. The average molecular weight is 262 g/mol. The number of carboxylic acids is 1. The summed E-state index contributed by atoms with van der Waals surface area (Å²) in [6.45, 7) is 4.30. The van der Waals surface area contributed by atoms with Gasteiger partial charge in [-0.3, -0.25) is 14.5 Å². The summed E-state index contributed by atoms with van der Waals surface area (Å²) in [6, 6.07) is 5.09. The topological polar surface area (TPSA) is 60.9 Å². The number of rotatable bonds is 2. The molecule has 1 heterocycles. The zero-order chi connectivity index (χ0) is 14.2. The number of likely N-dealkylation sites (N-methyl/N-ethyl adjacent to an activating group) is 1. The van der Waals surface area contributed by atoms with Crippen molar-refractivity contribution in [1.29, 1.82) is 0 Å². The number of hydrogen-bond donors (Lipinski definition) is 1. The minimum Gasteiger partial charge on any atom is -0.480 e. The molecule has 1 aromatic carbocycles. The summed E-state index contributed by atoms with van der Waals surface area (Å²) >= 11 is 0. The molecule has 102 valence electrons. The van der Waals surface area contributed by atoms with E-state index in [0.717, 1.165) is 16.8 Å². The van der Waals surface area contributed by atoms with Gasteiger partial charge in [-0.05, 0) is 44.2 Å². The van der Waals surface area contributed by atoms with Crippen molar-refractivity contribution in [2.24, 2.45) is 0 Å². The van der Waals surface area contributed by atoms with Crippen LogP contribution in [0.25, 0.3) is 0 Å². The van der Waals surface area contributed by atoms with Crippen molar-refractivity contribution < 1.29 is 14.7 Å². The van der Waals surface area contributed by atoms with Gasteiger partial charge in [-0.2, -0.15) is 0 Å². The number of carbonyl (C=O) groups is 2. The largest absolute Gasteiger partial charge is 0.480 e. The summed E-state index contributed by atoms with van der Waals surface area (Å²) < 4.78 is 0. The third-order valence-electron chi connectivity index (χ3n) is 3.66. The molecule has 0 radical (unpaired) electrons. The molecule has 1 atom stereocenters. The number of nitrogens with zero attached hydrogens (tertiary/aromatic N) is 2. The highest BCUT2D eigenvalue weighted by Gasteiger charge is 2.34. The molecule has 1 N–H and O–H groups in total. The lowest BCUT2D eigenvalue weighted by atomic mass is 10.1. The number of anilines is 1. The van der Waals surface area contributed by atoms with E-state index < -0.39 is 12.0 Å². The molecule has 2 rings (SSSR count). The van der Waals surface area contributed by atoms with Gasteiger partial charge in [0.2, 0.25) is 5.91 Å². The van der Waals surface area contributed by atoms with E-state index in [4.69, 9.17) is 0 Å². The summed E-state index contributed by atoms with van der Waals surface area (Å²) in [6.07, 6.45) is 0. The van der Waals surface area contributed by atoms with Gasteiger partial charge in [0, 0.05) is 5.69 Å². The molecule has 1 unspecified atom stereocenters. The predicted octanol–water partition coefficient (Wildman–Crippen LogP) is 1.04. The molecule has 0 aliphatic carbocycles. The second-order valence-corrected chi connectivity index (χ2v) is 5.04. The summed E-state index contributed by atoms with van der Waals surface area (Å²) in [4.78, 5) is 26.4. The van der Waals surface area contributed by atoms with Crippen LogP contribution in [0.4, 0.5) is 5.69 Å². The molecule has 19 heavy (non-hydrogen) atoms. The summed E-state index contributed by atoms with van der Waals surface area (Å²) in [5.41, 5.74) is 3.02. The molecule has 0 spiro atoms. The summed E-state index contributed by atoms with van der Waals surface area (Å²) in [7, 11) is 1.66. The number of carboxylic acid groups (broad SMARTS) is 1. The second kappa shape index (κ2) is 5.01. The first-order valence-corrected chi connectivity index (χ1v) is 6.21. The highest BCUT2D eigenvalue weighted by atomic mass is 16.4. The van der Waals surface area contributed by atoms with Gasteiger partial charge in [-0.25, -0.2) is 0 Å². The quantitative estimate of drug-likeness (QED) is 0.865. The van der Waals surface area contributed by atoms with E-state index in [-0.39, 0.29) is 19.0 Å². The molecule has 1 aliphatic heterocycles. The maximum atomic E-state index is 12.1. The first kappa shape index (κ1) is 13.5. The van der Waals surface area contributed by atoms with Gasteiger partial charge in [0.15, 0.2) is 0 Å². The first-order chi connectivity index (χ1) is 8.90. The second-order valence-electron chi connectivity index (χ2n) is 5.04. The number of hydrogen-bond acceptors (Lipinski definition) is 3. The van der Waals surface area contributed by atoms with Crippen molar-refractivity contribution in [2.75, 3.05) is 25.0 Å². The lowest BCUT2D eigenvalue weighted by Gasteiger charge is -2.36. The summed E-state index contributed by atoms with van der Waals surface area (Å²) in [5, 5.41) is 9.18. The van der Waals surface area contributed by atoms with Gasteiger partial charge in [0.05, 0.1) is 13.1 Å². The van der Waals surface area contributed by atoms with E-state index in [1.807, 2.05) is 32.0 Å². The highest BCUT2D eigenvalue weighted by Crippen LogP contribution is 2.22. The Morgan fingerprint density at radius 2 is 2.00 bits per heavy atom. The predicted molar refractivity (Wildman–Crippen MR) is 72.3 cm³/mol. The number of aliphatic carboxylic acids is 1. The van der Waals surface area contributed by atoms with Crippen LogP contribution in [0.15, 0.2) is 18.2 Å². The number of piperazine rings is 1. The molecule has 1 aromatic rings. The highest BCUT2D eigenvalue weighted by molar-refractivity contribution is 5.97. The van der Waals surface area contributed by atoms with Crippen LogP contribution in [-0.2, 0) is 9.59 Å². The van der Waals surface area contributed by atoms with Crippen LogP contribution in [0.1, 0.15) is 11.1 Å². The minimum absolute atomic E-state index is 0.0664. The van der Waals surface area contributed by atoms with Crippen molar-refractivity contribution in [1.82, 2.24) is 4.90 Å². The van der Waals surface area contributed by atoms with Crippen LogP contribution in [0.5, 0.6) is 0 Å². The molecule has 1 fully saturated rings.